The number of hydrogen-bond acceptors (Lipinski definition) is 8. The molecule has 0 spiro atoms. The van der Waals surface area contributed by atoms with E-state index in [4.69, 9.17) is 9.47 Å². The van der Waals surface area contributed by atoms with E-state index >= 15 is 0 Å². The molecule has 0 atom stereocenters. The van der Waals surface area contributed by atoms with Crippen molar-refractivity contribution in [3.63, 3.8) is 0 Å². The van der Waals surface area contributed by atoms with Gasteiger partial charge in [0.1, 0.15) is 17.6 Å². The average Bonchev–Trinajstić information content (AvgIpc) is 2.78. The SMILES string of the molecule is COCCCNc1nc(NCCCOC)c(N=Nc2ccccc2C(F)(F)F)c(C)c1C#N. The Morgan fingerprint density at radius 2 is 1.61 bits per heavy atom. The van der Waals surface area contributed by atoms with Gasteiger partial charge in [0.15, 0.2) is 5.82 Å². The van der Waals surface area contributed by atoms with Crippen molar-refractivity contribution in [2.24, 2.45) is 10.2 Å². The van der Waals surface area contributed by atoms with Gasteiger partial charge >= 0.3 is 6.18 Å². The Balaban J connectivity index is 2.46. The molecule has 0 saturated carbocycles. The molecule has 1 aromatic carbocycles. The summed E-state index contributed by atoms with van der Waals surface area (Å²) in [5.74, 6) is 0.667. The summed E-state index contributed by atoms with van der Waals surface area (Å²) >= 11 is 0. The minimum Gasteiger partial charge on any atom is -0.385 e. The number of nitrogens with one attached hydrogen (secondary N) is 2. The van der Waals surface area contributed by atoms with Gasteiger partial charge in [-0.25, -0.2) is 4.98 Å². The molecular formula is C22H27F3N6O2. The lowest BCUT2D eigenvalue weighted by Crippen LogP contribution is -2.12. The number of anilines is 2. The maximum Gasteiger partial charge on any atom is 0.418 e. The van der Waals surface area contributed by atoms with Crippen molar-refractivity contribution in [3.05, 3.63) is 41.0 Å². The highest BCUT2D eigenvalue weighted by Crippen LogP contribution is 2.39. The first-order valence-electron chi connectivity index (χ1n) is 10.3. The minimum atomic E-state index is -4.57. The lowest BCUT2D eigenvalue weighted by atomic mass is 10.1. The highest BCUT2D eigenvalue weighted by Gasteiger charge is 2.33. The predicted molar refractivity (Wildman–Crippen MR) is 119 cm³/mol. The number of methoxy groups -OCH3 is 2. The Morgan fingerprint density at radius 1 is 1.00 bits per heavy atom. The van der Waals surface area contributed by atoms with Crippen LogP contribution in [-0.2, 0) is 15.7 Å². The standard InChI is InChI=1S/C22H27F3N6O2/c1-15-16(14-26)20(27-10-6-12-32-2)29-21(28-11-7-13-33-3)19(15)31-30-18-9-5-4-8-17(18)22(23,24)25/h4-5,8-9H,6-7,10-13H2,1-3H3,(H2,27,28,29). The van der Waals surface area contributed by atoms with Crippen LogP contribution < -0.4 is 10.6 Å². The second kappa shape index (κ2) is 12.7. The largest absolute Gasteiger partial charge is 0.418 e. The van der Waals surface area contributed by atoms with Crippen LogP contribution in [0.4, 0.5) is 36.2 Å². The molecule has 2 aromatic rings. The van der Waals surface area contributed by atoms with Crippen LogP contribution in [0.15, 0.2) is 34.5 Å². The monoisotopic (exact) mass is 464 g/mol. The summed E-state index contributed by atoms with van der Waals surface area (Å²) in [6.07, 6.45) is -3.20. The van der Waals surface area contributed by atoms with Crippen molar-refractivity contribution in [2.75, 3.05) is 51.2 Å². The molecule has 8 nitrogen and oxygen atoms in total. The quantitative estimate of drug-likeness (QED) is 0.313. The summed E-state index contributed by atoms with van der Waals surface area (Å²) in [7, 11) is 3.19. The molecule has 0 bridgehead atoms. The van der Waals surface area contributed by atoms with Gasteiger partial charge in [0.2, 0.25) is 0 Å². The molecule has 0 radical (unpaired) electrons. The van der Waals surface area contributed by atoms with E-state index in [0.29, 0.717) is 56.3 Å². The summed E-state index contributed by atoms with van der Waals surface area (Å²) in [6.45, 7) is 3.72. The van der Waals surface area contributed by atoms with Crippen LogP contribution >= 0.6 is 0 Å². The number of hydrogen-bond donors (Lipinski definition) is 2. The van der Waals surface area contributed by atoms with Gasteiger partial charge in [-0.05, 0) is 31.9 Å². The molecule has 0 unspecified atom stereocenters. The number of rotatable bonds is 12. The van der Waals surface area contributed by atoms with Crippen molar-refractivity contribution in [1.29, 1.82) is 5.26 Å². The Kier molecular flexibility index (Phi) is 10.0. The van der Waals surface area contributed by atoms with E-state index in [-0.39, 0.29) is 16.9 Å². The highest BCUT2D eigenvalue weighted by atomic mass is 19.4. The Hall–Kier alpha value is -3.23. The Morgan fingerprint density at radius 3 is 2.18 bits per heavy atom. The zero-order valence-corrected chi connectivity index (χ0v) is 18.8. The number of halogens is 3. The molecular weight excluding hydrogens is 437 g/mol. The third kappa shape index (κ3) is 7.40. The van der Waals surface area contributed by atoms with Crippen molar-refractivity contribution in [2.45, 2.75) is 25.9 Å². The highest BCUT2D eigenvalue weighted by molar-refractivity contribution is 5.74. The lowest BCUT2D eigenvalue weighted by molar-refractivity contribution is -0.137. The molecule has 33 heavy (non-hydrogen) atoms. The van der Waals surface area contributed by atoms with Crippen LogP contribution in [0.3, 0.4) is 0 Å². The zero-order valence-electron chi connectivity index (χ0n) is 18.8. The van der Waals surface area contributed by atoms with Crippen molar-refractivity contribution in [3.8, 4) is 6.07 Å². The molecule has 0 fully saturated rings. The van der Waals surface area contributed by atoms with Crippen molar-refractivity contribution in [1.82, 2.24) is 4.98 Å². The molecule has 0 aliphatic heterocycles. The van der Waals surface area contributed by atoms with Gasteiger partial charge in [0.05, 0.1) is 16.8 Å². The third-order valence-electron chi connectivity index (χ3n) is 4.63. The van der Waals surface area contributed by atoms with Crippen molar-refractivity contribution < 1.29 is 22.6 Å². The van der Waals surface area contributed by atoms with Crippen LogP contribution in [0.2, 0.25) is 0 Å². The first-order valence-corrected chi connectivity index (χ1v) is 10.3. The van der Waals surface area contributed by atoms with Gasteiger partial charge in [0, 0.05) is 46.1 Å². The molecule has 0 aliphatic carbocycles. The maximum absolute atomic E-state index is 13.3. The number of azo groups is 1. The van der Waals surface area contributed by atoms with Gasteiger partial charge in [-0.2, -0.15) is 18.4 Å². The van der Waals surface area contributed by atoms with E-state index < -0.39 is 11.7 Å². The number of nitrogens with zero attached hydrogens (tertiary/aromatic N) is 4. The first-order chi connectivity index (χ1) is 15.8. The van der Waals surface area contributed by atoms with Crippen LogP contribution in [-0.4, -0.2) is 45.5 Å². The van der Waals surface area contributed by atoms with Crippen LogP contribution in [0.1, 0.15) is 29.5 Å². The molecule has 2 rings (SSSR count). The lowest BCUT2D eigenvalue weighted by Gasteiger charge is -2.16. The van der Waals surface area contributed by atoms with Gasteiger partial charge in [-0.1, -0.05) is 12.1 Å². The average molecular weight is 464 g/mol. The summed E-state index contributed by atoms with van der Waals surface area (Å²) in [6, 6.07) is 7.01. The van der Waals surface area contributed by atoms with Crippen LogP contribution in [0.25, 0.3) is 0 Å². The third-order valence-corrected chi connectivity index (χ3v) is 4.63. The predicted octanol–water partition coefficient (Wildman–Crippen LogP) is 5.59. The molecule has 1 aromatic heterocycles. The van der Waals surface area contributed by atoms with Gasteiger partial charge in [-0.15, -0.1) is 10.2 Å². The normalized spacial score (nSPS) is 11.5. The summed E-state index contributed by atoms with van der Waals surface area (Å²) in [5, 5.41) is 23.9. The van der Waals surface area contributed by atoms with Crippen LogP contribution in [0.5, 0.6) is 0 Å². The molecule has 178 valence electrons. The number of nitriles is 1. The van der Waals surface area contributed by atoms with E-state index in [1.54, 1.807) is 21.1 Å². The molecule has 1 heterocycles. The van der Waals surface area contributed by atoms with Gasteiger partial charge < -0.3 is 20.1 Å². The number of pyridine rings is 1. The summed E-state index contributed by atoms with van der Waals surface area (Å²) in [4.78, 5) is 4.48. The zero-order chi connectivity index (χ0) is 24.3. The van der Waals surface area contributed by atoms with Crippen LogP contribution in [0, 0.1) is 18.3 Å². The fourth-order valence-corrected chi connectivity index (χ4v) is 2.96. The molecule has 2 N–H and O–H groups in total. The summed E-state index contributed by atoms with van der Waals surface area (Å²) < 4.78 is 50.0. The Labute approximate surface area is 190 Å². The summed E-state index contributed by atoms with van der Waals surface area (Å²) in [5.41, 5.74) is -0.332. The van der Waals surface area contributed by atoms with E-state index in [0.717, 1.165) is 6.07 Å². The topological polar surface area (TPSA) is 104 Å². The maximum atomic E-state index is 13.3. The number of alkyl halides is 3. The number of benzene rings is 1. The van der Waals surface area contributed by atoms with E-state index in [2.05, 4.69) is 31.9 Å². The smallest absolute Gasteiger partial charge is 0.385 e. The fraction of sp³-hybridized carbons (Fsp3) is 0.455. The Bertz CT molecular complexity index is 989. The second-order valence-corrected chi connectivity index (χ2v) is 7.03. The molecule has 0 aliphatic rings. The van der Waals surface area contributed by atoms with E-state index in [1.807, 2.05) is 0 Å². The molecule has 11 heteroatoms. The fourth-order valence-electron chi connectivity index (χ4n) is 2.96. The molecule has 0 amide bonds. The molecule has 0 saturated heterocycles. The second-order valence-electron chi connectivity index (χ2n) is 7.03. The van der Waals surface area contributed by atoms with E-state index in [1.165, 1.54) is 18.2 Å². The van der Waals surface area contributed by atoms with Gasteiger partial charge in [-0.3, -0.25) is 0 Å². The number of ether oxygens (including phenoxy) is 2. The van der Waals surface area contributed by atoms with E-state index in [9.17, 15) is 18.4 Å². The van der Waals surface area contributed by atoms with Gasteiger partial charge in [0.25, 0.3) is 0 Å². The minimum absolute atomic E-state index is 0.198. The first kappa shape index (κ1) is 26.0. The number of aromatic nitrogens is 1. The van der Waals surface area contributed by atoms with Crippen molar-refractivity contribution >= 4 is 23.0 Å².